The number of carboxylic acids is 2. The van der Waals surface area contributed by atoms with Crippen molar-refractivity contribution in [2.75, 3.05) is 39.6 Å². The first-order chi connectivity index (χ1) is 41.2. The minimum Gasteiger partial charge on any atom is -0.477 e. The van der Waals surface area contributed by atoms with Crippen LogP contribution in [0.15, 0.2) is 0 Å². The molecule has 0 saturated carbocycles. The summed E-state index contributed by atoms with van der Waals surface area (Å²) in [6.45, 7) is -4.33. The van der Waals surface area contributed by atoms with Gasteiger partial charge in [-0.05, 0) is 0 Å². The summed E-state index contributed by atoms with van der Waals surface area (Å²) >= 11 is 0. The molecule has 0 spiro atoms. The highest BCUT2D eigenvalue weighted by molar-refractivity contribution is 5.77. The standard InChI is InChI=1S/C48H79N3O37/c1-12(57)49-23-15(60)4-47(45(74)75,86-37(23)26(64)17(62)6-52)78-11-22-29(67)40(88-48(46(76)77)5-16(61)24(50-13(2)58)38(87-48)27(65)18(63)7-53)34(72)44(82-22)83-35-21(10-56)81-42(25(30(35)68)51-14(3)59)85-39-28(66)19(8-54)80-43(33(39)71)84-36-20(9-55)79-41(73)32(70)31(36)69/h15-44,52-56,60-73H,4-11H2,1-3H3,(H,49,57)(H,50,58)(H,51,59)(H,74,75)(H,76,77)/t15-,16-,17+,18+,19+,20+,21+,22+,23+,24+,25+,26+,27+,28-,29-,30+,31+,32+,33+,34+,35+,36+,37+,38+,39-,40-,41+,42-,43-,44-,47+,48-/m0/s1. The van der Waals surface area contributed by atoms with Crippen LogP contribution in [0.3, 0.4) is 0 Å². The van der Waals surface area contributed by atoms with Crippen LogP contribution in [0.4, 0.5) is 0 Å². The number of aliphatic hydroxyl groups excluding tert-OH is 19. The summed E-state index contributed by atoms with van der Waals surface area (Å²) in [7, 11) is 0. The number of aliphatic carboxylic acids is 2. The average Bonchev–Trinajstić information content (AvgIpc) is 0.901. The number of nitrogens with one attached hydrogen (secondary N) is 3. The maximum Gasteiger partial charge on any atom is 0.364 e. The molecule has 24 N–H and O–H groups in total. The van der Waals surface area contributed by atoms with Crippen molar-refractivity contribution in [1.82, 2.24) is 16.0 Å². The Morgan fingerprint density at radius 3 is 1.33 bits per heavy atom. The topological polar surface area (TPSA) is 648 Å². The molecule has 6 aliphatic heterocycles. The molecule has 6 aliphatic rings. The van der Waals surface area contributed by atoms with Crippen LogP contribution in [0, 0.1) is 0 Å². The number of carbonyl (C=O) groups is 5. The first kappa shape index (κ1) is 73.2. The number of carboxylic acid groups (broad SMARTS) is 2. The molecule has 6 rings (SSSR count). The first-order valence-corrected chi connectivity index (χ1v) is 27.4. The van der Waals surface area contributed by atoms with E-state index in [2.05, 4.69) is 16.0 Å². The van der Waals surface area contributed by atoms with E-state index >= 15 is 0 Å². The minimum atomic E-state index is -3.43. The van der Waals surface area contributed by atoms with Gasteiger partial charge in [0.1, 0.15) is 134 Å². The zero-order chi connectivity index (χ0) is 65.8. The van der Waals surface area contributed by atoms with Crippen LogP contribution in [-0.4, -0.2) is 372 Å². The van der Waals surface area contributed by atoms with Crippen LogP contribution < -0.4 is 16.0 Å². The molecule has 0 radical (unpaired) electrons. The minimum absolute atomic E-state index is 0.876. The third-order valence-electron chi connectivity index (χ3n) is 15.6. The van der Waals surface area contributed by atoms with E-state index < -0.39 is 277 Å². The molecule has 508 valence electrons. The van der Waals surface area contributed by atoms with E-state index in [1.165, 1.54) is 0 Å². The summed E-state index contributed by atoms with van der Waals surface area (Å²) in [6, 6.07) is -5.55. The lowest BCUT2D eigenvalue weighted by molar-refractivity contribution is -0.393. The van der Waals surface area contributed by atoms with Gasteiger partial charge in [-0.2, -0.15) is 0 Å². The summed E-state index contributed by atoms with van der Waals surface area (Å²) in [5, 5.41) is 234. The van der Waals surface area contributed by atoms with Gasteiger partial charge in [-0.1, -0.05) is 0 Å². The summed E-state index contributed by atoms with van der Waals surface area (Å²) in [6.07, 6.45) is -61.4. The summed E-state index contributed by atoms with van der Waals surface area (Å²) < 4.78 is 62.8. The number of hydrogen-bond acceptors (Lipinski definition) is 35. The molecule has 32 atom stereocenters. The lowest BCUT2D eigenvalue weighted by Gasteiger charge is -2.51. The summed E-state index contributed by atoms with van der Waals surface area (Å²) in [5.41, 5.74) is 0. The van der Waals surface area contributed by atoms with Crippen LogP contribution in [0.25, 0.3) is 0 Å². The van der Waals surface area contributed by atoms with Crippen molar-refractivity contribution in [2.24, 2.45) is 0 Å². The molecule has 88 heavy (non-hydrogen) atoms. The maximum absolute atomic E-state index is 13.4. The molecular weight excluding hydrogens is 1210 g/mol. The quantitative estimate of drug-likeness (QED) is 0.0404. The number of carbonyl (C=O) groups excluding carboxylic acids is 3. The van der Waals surface area contributed by atoms with E-state index in [9.17, 15) is 131 Å². The smallest absolute Gasteiger partial charge is 0.364 e. The van der Waals surface area contributed by atoms with E-state index in [1.807, 2.05) is 0 Å². The molecule has 0 aliphatic carbocycles. The lowest BCUT2D eigenvalue weighted by Crippen LogP contribution is -2.71. The molecule has 0 aromatic carbocycles. The highest BCUT2D eigenvalue weighted by atomic mass is 16.8. The summed E-state index contributed by atoms with van der Waals surface area (Å²) in [5.74, 6) is -13.8. The monoisotopic (exact) mass is 1290 g/mol. The second kappa shape index (κ2) is 30.7. The van der Waals surface area contributed by atoms with Crippen LogP contribution >= 0.6 is 0 Å². The maximum atomic E-state index is 13.4. The van der Waals surface area contributed by atoms with Crippen molar-refractivity contribution < 1.29 is 183 Å². The molecular formula is C48H79N3O37. The Morgan fingerprint density at radius 2 is 0.864 bits per heavy atom. The second-order valence-corrected chi connectivity index (χ2v) is 21.9. The predicted octanol–water partition coefficient (Wildman–Crippen LogP) is -15.3. The van der Waals surface area contributed by atoms with Crippen molar-refractivity contribution >= 4 is 29.7 Å². The first-order valence-electron chi connectivity index (χ1n) is 27.4. The molecule has 6 fully saturated rings. The highest BCUT2D eigenvalue weighted by Gasteiger charge is 2.63. The van der Waals surface area contributed by atoms with Gasteiger partial charge in [0.25, 0.3) is 11.6 Å². The van der Waals surface area contributed by atoms with Gasteiger partial charge in [0.05, 0.1) is 63.9 Å². The number of aliphatic hydroxyl groups is 19. The molecule has 3 amide bonds. The Balaban J connectivity index is 1.37. The van der Waals surface area contributed by atoms with Crippen LogP contribution in [0.5, 0.6) is 0 Å². The highest BCUT2D eigenvalue weighted by Crippen LogP contribution is 2.41. The molecule has 40 heteroatoms. The Morgan fingerprint density at radius 1 is 0.466 bits per heavy atom. The zero-order valence-corrected chi connectivity index (χ0v) is 46.9. The zero-order valence-electron chi connectivity index (χ0n) is 46.9. The van der Waals surface area contributed by atoms with Gasteiger partial charge in [0, 0.05) is 33.6 Å². The van der Waals surface area contributed by atoms with Gasteiger partial charge in [-0.3, -0.25) is 14.4 Å². The fourth-order valence-electron chi connectivity index (χ4n) is 11.0. The third kappa shape index (κ3) is 15.8. The van der Waals surface area contributed by atoms with Crippen molar-refractivity contribution in [3.8, 4) is 0 Å². The second-order valence-electron chi connectivity index (χ2n) is 21.9. The Bertz CT molecular complexity index is 2320. The van der Waals surface area contributed by atoms with E-state index in [-0.39, 0.29) is 0 Å². The molecule has 6 heterocycles. The fourth-order valence-corrected chi connectivity index (χ4v) is 11.0. The Hall–Kier alpha value is -3.85. The number of ether oxygens (including phenoxy) is 11. The van der Waals surface area contributed by atoms with Crippen molar-refractivity contribution in [3.05, 3.63) is 0 Å². The van der Waals surface area contributed by atoms with Gasteiger partial charge in [-0.25, -0.2) is 9.59 Å². The van der Waals surface area contributed by atoms with Gasteiger partial charge < -0.3 is 175 Å². The van der Waals surface area contributed by atoms with Crippen molar-refractivity contribution in [1.29, 1.82) is 0 Å². The SMILES string of the molecule is CC(=O)N[C@H]1[C@H](O[C@H]2[C@@H](O)[C@@H](CO)O[C@@H](O[C@H]3[C@H](O)[C@@H](O)[C@H](O)O[C@@H]3CO)[C@@H]2O)O[C@H](CO)[C@@H](O[C@@H]2O[C@H](CO[C@]3(C(=O)O)C[C@H](O)[C@@H](NC(C)=O)[C@H]([C@H](O)[C@H](O)CO)O3)[C@H](O)[C@H](O[C@]3(C(=O)O)C[C@H](O)[C@@H](NC(C)=O)[C@H]([C@H](O)[C@H](O)CO)O3)[C@H]2O)[C@@H]1O. The van der Waals surface area contributed by atoms with Crippen LogP contribution in [0.2, 0.25) is 0 Å². The molecule has 0 bridgehead atoms. The normalized spacial score (nSPS) is 44.6. The molecule has 0 aromatic heterocycles. The summed E-state index contributed by atoms with van der Waals surface area (Å²) in [4.78, 5) is 63.9. The number of amides is 3. The van der Waals surface area contributed by atoms with Crippen LogP contribution in [-0.2, 0) is 76.1 Å². The van der Waals surface area contributed by atoms with E-state index in [0.29, 0.717) is 0 Å². The Labute approximate surface area is 496 Å². The molecule has 0 unspecified atom stereocenters. The number of rotatable bonds is 25. The van der Waals surface area contributed by atoms with E-state index in [1.54, 1.807) is 0 Å². The van der Waals surface area contributed by atoms with Gasteiger partial charge in [0.15, 0.2) is 25.2 Å². The molecule has 6 saturated heterocycles. The Kier molecular flexibility index (Phi) is 25.6. The lowest BCUT2D eigenvalue weighted by atomic mass is 9.88. The largest absolute Gasteiger partial charge is 0.477 e. The van der Waals surface area contributed by atoms with Gasteiger partial charge >= 0.3 is 11.9 Å². The average molecular weight is 1290 g/mol. The fraction of sp³-hybridized carbons (Fsp3) is 0.896. The third-order valence-corrected chi connectivity index (χ3v) is 15.6. The van der Waals surface area contributed by atoms with Gasteiger partial charge in [0.2, 0.25) is 17.7 Å². The van der Waals surface area contributed by atoms with E-state index in [4.69, 9.17) is 52.1 Å². The van der Waals surface area contributed by atoms with Crippen molar-refractivity contribution in [2.45, 2.75) is 229 Å². The van der Waals surface area contributed by atoms with Crippen LogP contribution in [0.1, 0.15) is 33.6 Å². The molecule has 0 aromatic rings. The predicted molar refractivity (Wildman–Crippen MR) is 268 cm³/mol. The number of hydrogen-bond donors (Lipinski definition) is 24. The van der Waals surface area contributed by atoms with Crippen molar-refractivity contribution in [3.63, 3.8) is 0 Å². The van der Waals surface area contributed by atoms with Gasteiger partial charge in [-0.15, -0.1) is 0 Å². The molecule has 40 nitrogen and oxygen atoms in total. The van der Waals surface area contributed by atoms with E-state index in [0.717, 1.165) is 20.8 Å².